The first-order chi connectivity index (χ1) is 15.1. The van der Waals surface area contributed by atoms with Gasteiger partial charge >= 0.3 is 6.09 Å². The van der Waals surface area contributed by atoms with Gasteiger partial charge in [0.05, 0.1) is 6.61 Å². The maximum absolute atomic E-state index is 11.9. The fourth-order valence-corrected chi connectivity index (χ4v) is 4.48. The number of nitrogens with zero attached hydrogens (tertiary/aromatic N) is 3. The predicted molar refractivity (Wildman–Crippen MR) is 141 cm³/mol. The molecule has 1 unspecified atom stereocenters. The van der Waals surface area contributed by atoms with Crippen LogP contribution >= 0.6 is 24.0 Å². The minimum absolute atomic E-state index is 0. The second kappa shape index (κ2) is 13.9. The molecule has 1 amide bonds. The van der Waals surface area contributed by atoms with Crippen LogP contribution in [-0.4, -0.2) is 67.2 Å². The van der Waals surface area contributed by atoms with Crippen LogP contribution in [0.5, 0.6) is 0 Å². The van der Waals surface area contributed by atoms with E-state index in [-0.39, 0.29) is 30.1 Å². The normalized spacial score (nSPS) is 20.4. The van der Waals surface area contributed by atoms with Crippen molar-refractivity contribution < 1.29 is 9.53 Å². The zero-order chi connectivity index (χ0) is 22.1. The van der Waals surface area contributed by atoms with Gasteiger partial charge in [-0.15, -0.1) is 24.0 Å². The number of carbonyl (C=O) groups excluding carboxylic acids is 1. The summed E-state index contributed by atoms with van der Waals surface area (Å²) < 4.78 is 5.11. The van der Waals surface area contributed by atoms with E-state index < -0.39 is 0 Å². The quantitative estimate of drug-likeness (QED) is 0.315. The molecule has 0 spiro atoms. The van der Waals surface area contributed by atoms with Crippen LogP contribution in [0.25, 0.3) is 0 Å². The van der Waals surface area contributed by atoms with Crippen molar-refractivity contribution in [2.24, 2.45) is 4.99 Å². The number of hydrogen-bond acceptors (Lipinski definition) is 4. The van der Waals surface area contributed by atoms with E-state index >= 15 is 0 Å². The molecule has 0 aliphatic carbocycles. The minimum Gasteiger partial charge on any atom is -0.450 e. The number of piperidine rings is 2. The second-order valence-electron chi connectivity index (χ2n) is 8.61. The number of halogens is 1. The van der Waals surface area contributed by atoms with Crippen LogP contribution in [0.15, 0.2) is 29.3 Å². The monoisotopic (exact) mass is 557 g/mol. The molecule has 0 saturated carbocycles. The first-order valence-corrected chi connectivity index (χ1v) is 11.8. The number of benzene rings is 1. The Balaban J connectivity index is 0.00000363. The van der Waals surface area contributed by atoms with Crippen molar-refractivity contribution in [3.05, 3.63) is 35.4 Å². The molecule has 0 aromatic heterocycles. The third-order valence-corrected chi connectivity index (χ3v) is 6.46. The first kappa shape index (κ1) is 26.7. The molecule has 2 saturated heterocycles. The molecule has 180 valence electrons. The number of carbonyl (C=O) groups is 1. The predicted octanol–water partition coefficient (Wildman–Crippen LogP) is 3.96. The maximum atomic E-state index is 11.9. The Hall–Kier alpha value is -1.55. The van der Waals surface area contributed by atoms with Crippen molar-refractivity contribution in [1.29, 1.82) is 0 Å². The Bertz CT molecular complexity index is 737. The van der Waals surface area contributed by atoms with E-state index in [0.717, 1.165) is 31.9 Å². The van der Waals surface area contributed by atoms with E-state index in [4.69, 9.17) is 4.74 Å². The molecule has 7 nitrogen and oxygen atoms in total. The van der Waals surface area contributed by atoms with Crippen LogP contribution in [0, 0.1) is 0 Å². The number of ether oxygens (including phenoxy) is 1. The minimum atomic E-state index is -0.205. The Morgan fingerprint density at radius 3 is 2.50 bits per heavy atom. The van der Waals surface area contributed by atoms with Crippen LogP contribution in [0.4, 0.5) is 4.79 Å². The topological polar surface area (TPSA) is 69.2 Å². The molecule has 3 rings (SSSR count). The van der Waals surface area contributed by atoms with Crippen molar-refractivity contribution in [2.45, 2.75) is 71.1 Å². The summed E-state index contributed by atoms with van der Waals surface area (Å²) in [6.45, 7) is 8.99. The van der Waals surface area contributed by atoms with E-state index in [9.17, 15) is 4.79 Å². The summed E-state index contributed by atoms with van der Waals surface area (Å²) in [6.07, 6.45) is 5.53. The number of likely N-dealkylation sites (tertiary alicyclic amines) is 2. The summed E-state index contributed by atoms with van der Waals surface area (Å²) in [6, 6.07) is 9.67. The SMILES string of the molecule is CCOC(=O)N1CCC(NC(=NC)NCc2ccccc2CN2CCCCC2C)CC1.I. The van der Waals surface area contributed by atoms with Crippen molar-refractivity contribution >= 4 is 36.0 Å². The van der Waals surface area contributed by atoms with E-state index in [2.05, 4.69) is 51.7 Å². The first-order valence-electron chi connectivity index (χ1n) is 11.8. The van der Waals surface area contributed by atoms with Crippen LogP contribution in [-0.2, 0) is 17.8 Å². The van der Waals surface area contributed by atoms with E-state index in [1.807, 2.05) is 14.0 Å². The van der Waals surface area contributed by atoms with Crippen molar-refractivity contribution in [3.63, 3.8) is 0 Å². The Labute approximate surface area is 210 Å². The molecule has 32 heavy (non-hydrogen) atoms. The van der Waals surface area contributed by atoms with Gasteiger partial charge in [0.1, 0.15) is 0 Å². The van der Waals surface area contributed by atoms with Crippen LogP contribution in [0.1, 0.15) is 57.1 Å². The van der Waals surface area contributed by atoms with Gasteiger partial charge < -0.3 is 20.3 Å². The highest BCUT2D eigenvalue weighted by atomic mass is 127. The summed E-state index contributed by atoms with van der Waals surface area (Å²) in [5.41, 5.74) is 2.71. The summed E-state index contributed by atoms with van der Waals surface area (Å²) in [7, 11) is 1.81. The average molecular weight is 558 g/mol. The smallest absolute Gasteiger partial charge is 0.409 e. The number of aliphatic imine (C=N–C) groups is 1. The zero-order valence-electron chi connectivity index (χ0n) is 19.8. The van der Waals surface area contributed by atoms with E-state index in [0.29, 0.717) is 31.8 Å². The fourth-order valence-electron chi connectivity index (χ4n) is 4.48. The molecule has 2 heterocycles. The highest BCUT2D eigenvalue weighted by Crippen LogP contribution is 2.21. The molecular weight excluding hydrogens is 517 g/mol. The highest BCUT2D eigenvalue weighted by Gasteiger charge is 2.24. The molecule has 1 aromatic rings. The lowest BCUT2D eigenvalue weighted by Gasteiger charge is -2.34. The van der Waals surface area contributed by atoms with Crippen LogP contribution < -0.4 is 10.6 Å². The van der Waals surface area contributed by atoms with Gasteiger partial charge in [-0.25, -0.2) is 4.79 Å². The van der Waals surface area contributed by atoms with Crippen molar-refractivity contribution in [3.8, 4) is 0 Å². The molecule has 1 aromatic carbocycles. The van der Waals surface area contributed by atoms with Gasteiger partial charge in [0.15, 0.2) is 5.96 Å². The standard InChI is InChI=1S/C24H39N5O2.HI/c1-4-31-24(30)28-15-12-22(13-16-28)27-23(25-3)26-17-20-10-5-6-11-21(20)18-29-14-8-7-9-19(29)2;/h5-6,10-11,19,22H,4,7-9,12-18H2,1-3H3,(H2,25,26,27);1H. The highest BCUT2D eigenvalue weighted by molar-refractivity contribution is 14.0. The lowest BCUT2D eigenvalue weighted by atomic mass is 10.0. The van der Waals surface area contributed by atoms with Crippen molar-refractivity contribution in [2.75, 3.05) is 33.3 Å². The molecule has 0 bridgehead atoms. The van der Waals surface area contributed by atoms with Gasteiger partial charge in [-0.05, 0) is 57.2 Å². The van der Waals surface area contributed by atoms with Gasteiger partial charge in [-0.3, -0.25) is 9.89 Å². The number of nitrogens with one attached hydrogen (secondary N) is 2. The number of amides is 1. The Morgan fingerprint density at radius 1 is 1.12 bits per heavy atom. The molecule has 2 N–H and O–H groups in total. The van der Waals surface area contributed by atoms with Crippen LogP contribution in [0.2, 0.25) is 0 Å². The van der Waals surface area contributed by atoms with Gasteiger partial charge in [-0.2, -0.15) is 0 Å². The summed E-state index contributed by atoms with van der Waals surface area (Å²) >= 11 is 0. The van der Waals surface area contributed by atoms with Gasteiger partial charge in [0, 0.05) is 45.3 Å². The zero-order valence-corrected chi connectivity index (χ0v) is 22.1. The molecule has 2 aliphatic heterocycles. The third kappa shape index (κ3) is 7.79. The number of guanidine groups is 1. The number of hydrogen-bond donors (Lipinski definition) is 2. The molecule has 8 heteroatoms. The summed E-state index contributed by atoms with van der Waals surface area (Å²) in [5.74, 6) is 0.815. The third-order valence-electron chi connectivity index (χ3n) is 6.46. The van der Waals surface area contributed by atoms with E-state index in [1.165, 1.54) is 36.9 Å². The number of rotatable bonds is 6. The molecule has 2 aliphatic rings. The van der Waals surface area contributed by atoms with Crippen molar-refractivity contribution in [1.82, 2.24) is 20.4 Å². The molecule has 1 atom stereocenters. The second-order valence-corrected chi connectivity index (χ2v) is 8.61. The van der Waals surface area contributed by atoms with E-state index in [1.54, 1.807) is 4.90 Å². The average Bonchev–Trinajstić information content (AvgIpc) is 2.79. The molecular formula is C24H40IN5O2. The Morgan fingerprint density at radius 2 is 1.84 bits per heavy atom. The fraction of sp³-hybridized carbons (Fsp3) is 0.667. The Kier molecular flexibility index (Phi) is 11.6. The molecule has 0 radical (unpaired) electrons. The largest absolute Gasteiger partial charge is 0.450 e. The van der Waals surface area contributed by atoms with Gasteiger partial charge in [0.25, 0.3) is 0 Å². The lowest BCUT2D eigenvalue weighted by Crippen LogP contribution is -2.49. The summed E-state index contributed by atoms with van der Waals surface area (Å²) in [5, 5.41) is 7.02. The molecule has 2 fully saturated rings. The van der Waals surface area contributed by atoms with Gasteiger partial charge in [-0.1, -0.05) is 30.7 Å². The summed E-state index contributed by atoms with van der Waals surface area (Å²) in [4.78, 5) is 20.7. The van der Waals surface area contributed by atoms with Crippen LogP contribution in [0.3, 0.4) is 0 Å². The van der Waals surface area contributed by atoms with Gasteiger partial charge in [0.2, 0.25) is 0 Å². The lowest BCUT2D eigenvalue weighted by molar-refractivity contribution is 0.0963. The maximum Gasteiger partial charge on any atom is 0.409 e.